The number of aryl methyl sites for hydroxylation is 1. The van der Waals surface area contributed by atoms with Gasteiger partial charge in [-0.1, -0.05) is 6.07 Å². The fourth-order valence-electron chi connectivity index (χ4n) is 3.53. The van der Waals surface area contributed by atoms with Crippen LogP contribution in [0.2, 0.25) is 0 Å². The highest BCUT2D eigenvalue weighted by Gasteiger charge is 2.37. The number of carbonyl (C=O) groups excluding carboxylic acids is 1. The molecule has 1 N–H and O–H groups in total. The van der Waals surface area contributed by atoms with Crippen LogP contribution in [0.1, 0.15) is 23.6 Å². The number of piperazine rings is 1. The van der Waals surface area contributed by atoms with Gasteiger partial charge >= 0.3 is 0 Å². The summed E-state index contributed by atoms with van der Waals surface area (Å²) < 4.78 is 13.4. The normalized spacial score (nSPS) is 25.7. The van der Waals surface area contributed by atoms with E-state index in [1.54, 1.807) is 25.1 Å². The van der Waals surface area contributed by atoms with Crippen LogP contribution in [0.5, 0.6) is 0 Å². The Labute approximate surface area is 124 Å². The SMILES string of the molecule is CN(C)C(=O)C1CNCCN1C1CCc2cc(F)ccc21. The molecule has 1 amide bonds. The van der Waals surface area contributed by atoms with E-state index >= 15 is 0 Å². The predicted octanol–water partition coefficient (Wildman–Crippen LogP) is 1.18. The highest BCUT2D eigenvalue weighted by Crippen LogP contribution is 2.37. The minimum absolute atomic E-state index is 0.130. The Balaban J connectivity index is 1.87. The first-order valence-corrected chi connectivity index (χ1v) is 7.54. The fraction of sp³-hybridized carbons (Fsp3) is 0.562. The molecule has 21 heavy (non-hydrogen) atoms. The molecule has 5 heteroatoms. The van der Waals surface area contributed by atoms with Gasteiger partial charge in [-0.2, -0.15) is 0 Å². The summed E-state index contributed by atoms with van der Waals surface area (Å²) in [7, 11) is 3.60. The van der Waals surface area contributed by atoms with Gasteiger partial charge in [0.2, 0.25) is 5.91 Å². The molecule has 3 rings (SSSR count). The number of amides is 1. The Morgan fingerprint density at radius 1 is 1.43 bits per heavy atom. The number of nitrogens with one attached hydrogen (secondary N) is 1. The summed E-state index contributed by atoms with van der Waals surface area (Å²) in [5.41, 5.74) is 2.28. The van der Waals surface area contributed by atoms with Crippen molar-refractivity contribution in [1.29, 1.82) is 0 Å². The van der Waals surface area contributed by atoms with Crippen LogP contribution in [-0.4, -0.2) is 55.5 Å². The largest absolute Gasteiger partial charge is 0.347 e. The molecule has 1 fully saturated rings. The summed E-state index contributed by atoms with van der Waals surface area (Å²) in [5, 5.41) is 3.31. The molecule has 1 saturated heterocycles. The zero-order chi connectivity index (χ0) is 15.0. The van der Waals surface area contributed by atoms with Gasteiger partial charge in [0, 0.05) is 39.8 Å². The number of nitrogens with zero attached hydrogens (tertiary/aromatic N) is 2. The van der Waals surface area contributed by atoms with Crippen LogP contribution in [0.15, 0.2) is 18.2 Å². The van der Waals surface area contributed by atoms with Gasteiger partial charge in [-0.3, -0.25) is 9.69 Å². The molecule has 2 atom stereocenters. The van der Waals surface area contributed by atoms with Crippen LogP contribution < -0.4 is 5.32 Å². The van der Waals surface area contributed by atoms with Crippen LogP contribution in [-0.2, 0) is 11.2 Å². The molecular formula is C16H22FN3O. The van der Waals surface area contributed by atoms with Crippen molar-refractivity contribution in [2.45, 2.75) is 24.9 Å². The number of fused-ring (bicyclic) bond motifs is 1. The predicted molar refractivity (Wildman–Crippen MR) is 79.5 cm³/mol. The average Bonchev–Trinajstić information content (AvgIpc) is 2.89. The van der Waals surface area contributed by atoms with Gasteiger partial charge in [0.25, 0.3) is 0 Å². The molecule has 1 aliphatic heterocycles. The van der Waals surface area contributed by atoms with E-state index in [-0.39, 0.29) is 23.8 Å². The molecule has 0 radical (unpaired) electrons. The van der Waals surface area contributed by atoms with E-state index in [9.17, 15) is 9.18 Å². The molecule has 2 unspecified atom stereocenters. The van der Waals surface area contributed by atoms with Gasteiger partial charge in [-0.15, -0.1) is 0 Å². The Morgan fingerprint density at radius 2 is 2.24 bits per heavy atom. The maximum Gasteiger partial charge on any atom is 0.240 e. The van der Waals surface area contributed by atoms with E-state index in [2.05, 4.69) is 10.2 Å². The summed E-state index contributed by atoms with van der Waals surface area (Å²) in [6.45, 7) is 2.43. The van der Waals surface area contributed by atoms with Crippen molar-refractivity contribution in [3.05, 3.63) is 35.1 Å². The monoisotopic (exact) mass is 291 g/mol. The zero-order valence-corrected chi connectivity index (χ0v) is 12.6. The fourth-order valence-corrected chi connectivity index (χ4v) is 3.53. The number of carbonyl (C=O) groups is 1. The lowest BCUT2D eigenvalue weighted by Gasteiger charge is -2.40. The number of rotatable bonds is 2. The van der Waals surface area contributed by atoms with Crippen molar-refractivity contribution in [3.63, 3.8) is 0 Å². The van der Waals surface area contributed by atoms with Gasteiger partial charge in [0.15, 0.2) is 0 Å². The molecule has 2 aliphatic rings. The number of hydrogen-bond acceptors (Lipinski definition) is 3. The van der Waals surface area contributed by atoms with Gasteiger partial charge in [0.1, 0.15) is 11.9 Å². The number of hydrogen-bond donors (Lipinski definition) is 1. The highest BCUT2D eigenvalue weighted by molar-refractivity contribution is 5.82. The lowest BCUT2D eigenvalue weighted by atomic mass is 10.0. The second kappa shape index (κ2) is 5.73. The van der Waals surface area contributed by atoms with E-state index < -0.39 is 0 Å². The van der Waals surface area contributed by atoms with E-state index in [1.807, 2.05) is 6.07 Å². The average molecular weight is 291 g/mol. The highest BCUT2D eigenvalue weighted by atomic mass is 19.1. The Bertz CT molecular complexity index is 546. The summed E-state index contributed by atoms with van der Waals surface area (Å²) >= 11 is 0. The second-order valence-corrected chi connectivity index (χ2v) is 6.09. The molecule has 0 spiro atoms. The molecular weight excluding hydrogens is 269 g/mol. The first-order valence-electron chi connectivity index (χ1n) is 7.54. The third-order valence-corrected chi connectivity index (χ3v) is 4.56. The first-order chi connectivity index (χ1) is 10.1. The van der Waals surface area contributed by atoms with E-state index in [4.69, 9.17) is 0 Å². The van der Waals surface area contributed by atoms with E-state index in [0.29, 0.717) is 6.54 Å². The standard InChI is InChI=1S/C16H22FN3O/c1-19(2)16(21)15-10-18-7-8-20(15)14-6-3-11-9-12(17)4-5-13(11)14/h4-5,9,14-15,18H,3,6-8,10H2,1-2H3. The van der Waals surface area contributed by atoms with Crippen LogP contribution in [0, 0.1) is 5.82 Å². The molecule has 114 valence electrons. The molecule has 1 aliphatic carbocycles. The lowest BCUT2D eigenvalue weighted by Crippen LogP contribution is -2.58. The minimum atomic E-state index is -0.171. The molecule has 1 heterocycles. The number of likely N-dealkylation sites (N-methyl/N-ethyl adjacent to an activating group) is 1. The number of halogens is 1. The van der Waals surface area contributed by atoms with Crippen LogP contribution in [0.3, 0.4) is 0 Å². The first kappa shape index (κ1) is 14.5. The van der Waals surface area contributed by atoms with Crippen molar-refractivity contribution in [2.24, 2.45) is 0 Å². The van der Waals surface area contributed by atoms with Crippen LogP contribution >= 0.6 is 0 Å². The third kappa shape index (κ3) is 2.68. The quantitative estimate of drug-likeness (QED) is 0.888. The summed E-state index contributed by atoms with van der Waals surface area (Å²) in [6, 6.07) is 5.16. The molecule has 4 nitrogen and oxygen atoms in total. The van der Waals surface area contributed by atoms with Crippen LogP contribution in [0.25, 0.3) is 0 Å². The zero-order valence-electron chi connectivity index (χ0n) is 12.6. The van der Waals surface area contributed by atoms with Gasteiger partial charge in [0.05, 0.1) is 0 Å². The maximum absolute atomic E-state index is 13.4. The Kier molecular flexibility index (Phi) is 3.95. The maximum atomic E-state index is 13.4. The van der Waals surface area contributed by atoms with Crippen molar-refractivity contribution in [1.82, 2.24) is 15.1 Å². The molecule has 0 aromatic heterocycles. The van der Waals surface area contributed by atoms with Gasteiger partial charge in [-0.25, -0.2) is 4.39 Å². The summed E-state index contributed by atoms with van der Waals surface area (Å²) in [6.07, 6.45) is 1.86. The lowest BCUT2D eigenvalue weighted by molar-refractivity contribution is -0.136. The molecule has 0 saturated carbocycles. The number of benzene rings is 1. The van der Waals surface area contributed by atoms with Gasteiger partial charge in [-0.05, 0) is 36.1 Å². The Morgan fingerprint density at radius 3 is 3.00 bits per heavy atom. The van der Waals surface area contributed by atoms with Crippen LogP contribution in [0.4, 0.5) is 4.39 Å². The van der Waals surface area contributed by atoms with Crippen molar-refractivity contribution in [2.75, 3.05) is 33.7 Å². The van der Waals surface area contributed by atoms with E-state index in [1.165, 1.54) is 11.6 Å². The molecule has 1 aromatic carbocycles. The molecule has 1 aromatic rings. The summed E-state index contributed by atoms with van der Waals surface area (Å²) in [4.78, 5) is 16.4. The van der Waals surface area contributed by atoms with Gasteiger partial charge < -0.3 is 10.2 Å². The molecule has 0 bridgehead atoms. The smallest absolute Gasteiger partial charge is 0.240 e. The Hall–Kier alpha value is -1.46. The topological polar surface area (TPSA) is 35.6 Å². The van der Waals surface area contributed by atoms with Crippen molar-refractivity contribution >= 4 is 5.91 Å². The van der Waals surface area contributed by atoms with E-state index in [0.717, 1.165) is 31.5 Å². The minimum Gasteiger partial charge on any atom is -0.347 e. The van der Waals surface area contributed by atoms with Crippen molar-refractivity contribution in [3.8, 4) is 0 Å². The second-order valence-electron chi connectivity index (χ2n) is 6.09. The summed E-state index contributed by atoms with van der Waals surface area (Å²) in [5.74, 6) is -0.0339. The third-order valence-electron chi connectivity index (χ3n) is 4.56. The van der Waals surface area contributed by atoms with Crippen molar-refractivity contribution < 1.29 is 9.18 Å².